The largest absolute Gasteiger partial charge is 0.393 e. The van der Waals surface area contributed by atoms with Crippen LogP contribution < -0.4 is 0 Å². The van der Waals surface area contributed by atoms with E-state index in [1.165, 1.54) is 5.57 Å². The number of Topliss-reactive ketones (excluding diaryl/α,β-unsaturated/α-hetero) is 1. The molecule has 0 saturated heterocycles. The molecule has 6 heteroatoms. The van der Waals surface area contributed by atoms with Crippen LogP contribution in [0.2, 0.25) is 0 Å². The van der Waals surface area contributed by atoms with Gasteiger partial charge in [-0.2, -0.15) is 0 Å². The van der Waals surface area contributed by atoms with E-state index in [0.29, 0.717) is 19.3 Å². The molecule has 0 amide bonds. The van der Waals surface area contributed by atoms with Gasteiger partial charge in [0, 0.05) is 11.8 Å². The smallest absolute Gasteiger partial charge is 0.190 e. The normalized spacial score (nSPS) is 48.6. The molecule has 3 fully saturated rings. The SMILES string of the molecule is C[C@]12CCC(=O)C=C1CC[C@@H]1[C@@H]2[C@@H](O)C[C@@]2(C)[C@H]1CC[C@]2(O)C(=O)CO.F. The number of halogens is 1. The molecule has 0 unspecified atom stereocenters. The zero-order valence-corrected chi connectivity index (χ0v) is 16.1. The zero-order valence-electron chi connectivity index (χ0n) is 16.1. The standard InChI is InChI=1S/C21H30O5.FH/c1-19-7-5-13(23)9-12(19)3-4-14-15-6-8-21(26,17(25)11-22)20(15,2)10-16(24)18(14)19;/h9,14-16,18,22,24,26H,3-8,10-11H2,1-2H3;1H/t14-,15-,16-,18+,19-,20-,21-;/m0./s1. The van der Waals surface area contributed by atoms with Crippen LogP contribution in [0.15, 0.2) is 11.6 Å². The summed E-state index contributed by atoms with van der Waals surface area (Å²) in [6, 6.07) is 0. The van der Waals surface area contributed by atoms with Crippen LogP contribution in [0.4, 0.5) is 4.70 Å². The second-order valence-corrected chi connectivity index (χ2v) is 9.56. The summed E-state index contributed by atoms with van der Waals surface area (Å²) in [6.07, 6.45) is 5.74. The number of carbonyl (C=O) groups is 2. The number of ketones is 2. The number of aliphatic hydroxyl groups is 3. The summed E-state index contributed by atoms with van der Waals surface area (Å²) in [5, 5.41) is 31.7. The topological polar surface area (TPSA) is 94.8 Å². The average molecular weight is 382 g/mol. The van der Waals surface area contributed by atoms with Gasteiger partial charge in [-0.15, -0.1) is 0 Å². The van der Waals surface area contributed by atoms with E-state index in [0.717, 1.165) is 25.7 Å². The Kier molecular flexibility index (Phi) is 4.93. The molecule has 0 aliphatic heterocycles. The summed E-state index contributed by atoms with van der Waals surface area (Å²) in [4.78, 5) is 24.3. The van der Waals surface area contributed by atoms with Crippen molar-refractivity contribution >= 4 is 11.6 Å². The van der Waals surface area contributed by atoms with Crippen molar-refractivity contribution in [1.82, 2.24) is 0 Å². The molecule has 3 N–H and O–H groups in total. The Labute approximate surface area is 159 Å². The number of hydrogen-bond donors (Lipinski definition) is 3. The second-order valence-electron chi connectivity index (χ2n) is 9.56. The van der Waals surface area contributed by atoms with Gasteiger partial charge >= 0.3 is 0 Å². The second kappa shape index (κ2) is 6.46. The highest BCUT2D eigenvalue weighted by Gasteiger charge is 2.68. The zero-order chi connectivity index (χ0) is 18.9. The Morgan fingerprint density at radius 3 is 2.59 bits per heavy atom. The lowest BCUT2D eigenvalue weighted by Crippen LogP contribution is -2.62. The average Bonchev–Trinajstić information content (AvgIpc) is 2.86. The number of carbonyl (C=O) groups excluding carboxylic acids is 2. The molecule has 4 aliphatic rings. The summed E-state index contributed by atoms with van der Waals surface area (Å²) in [6.45, 7) is 3.46. The summed E-state index contributed by atoms with van der Waals surface area (Å²) in [5.41, 5.74) is -1.23. The monoisotopic (exact) mass is 382 g/mol. The third-order valence-electron chi connectivity index (χ3n) is 8.65. The van der Waals surface area contributed by atoms with E-state index in [4.69, 9.17) is 0 Å². The molecule has 152 valence electrons. The Balaban J connectivity index is 0.00000210. The molecule has 27 heavy (non-hydrogen) atoms. The quantitative estimate of drug-likeness (QED) is 0.678. The number of rotatable bonds is 2. The molecule has 0 bridgehead atoms. The van der Waals surface area contributed by atoms with Gasteiger partial charge in [0.25, 0.3) is 0 Å². The van der Waals surface area contributed by atoms with Gasteiger partial charge in [0.05, 0.1) is 6.10 Å². The minimum absolute atomic E-state index is 0. The first-order valence-electron chi connectivity index (χ1n) is 9.96. The summed E-state index contributed by atoms with van der Waals surface area (Å²) < 4.78 is 0. The van der Waals surface area contributed by atoms with E-state index in [1.54, 1.807) is 6.08 Å². The first-order chi connectivity index (χ1) is 12.2. The Bertz CT molecular complexity index is 690. The lowest BCUT2D eigenvalue weighted by molar-refractivity contribution is -0.182. The fraction of sp³-hybridized carbons (Fsp3) is 0.810. The lowest BCUT2D eigenvalue weighted by Gasteiger charge is -2.60. The van der Waals surface area contributed by atoms with Gasteiger partial charge in [-0.3, -0.25) is 14.3 Å². The van der Waals surface area contributed by atoms with Crippen molar-refractivity contribution in [3.8, 4) is 0 Å². The number of hydrogen-bond acceptors (Lipinski definition) is 5. The van der Waals surface area contributed by atoms with Crippen LogP contribution in [0.25, 0.3) is 0 Å². The number of aliphatic hydroxyl groups excluding tert-OH is 2. The van der Waals surface area contributed by atoms with Gasteiger partial charge in [0.1, 0.15) is 12.2 Å². The van der Waals surface area contributed by atoms with Gasteiger partial charge in [0.15, 0.2) is 11.6 Å². The van der Waals surface area contributed by atoms with Crippen molar-refractivity contribution in [3.63, 3.8) is 0 Å². The first-order valence-corrected chi connectivity index (χ1v) is 9.96. The van der Waals surface area contributed by atoms with Crippen molar-refractivity contribution in [2.75, 3.05) is 6.61 Å². The molecular weight excluding hydrogens is 351 g/mol. The summed E-state index contributed by atoms with van der Waals surface area (Å²) in [7, 11) is 0. The molecule has 0 aromatic carbocycles. The highest BCUT2D eigenvalue weighted by molar-refractivity contribution is 5.91. The molecule has 3 saturated carbocycles. The van der Waals surface area contributed by atoms with E-state index in [1.807, 2.05) is 6.92 Å². The van der Waals surface area contributed by atoms with Gasteiger partial charge in [-0.1, -0.05) is 19.4 Å². The van der Waals surface area contributed by atoms with E-state index < -0.39 is 29.5 Å². The summed E-state index contributed by atoms with van der Waals surface area (Å²) >= 11 is 0. The van der Waals surface area contributed by atoms with Gasteiger partial charge < -0.3 is 15.3 Å². The van der Waals surface area contributed by atoms with Crippen LogP contribution in [0.1, 0.15) is 58.8 Å². The van der Waals surface area contributed by atoms with Crippen LogP contribution >= 0.6 is 0 Å². The molecular formula is C21H31FO5. The lowest BCUT2D eigenvalue weighted by atomic mass is 9.45. The maximum Gasteiger partial charge on any atom is 0.190 e. The summed E-state index contributed by atoms with van der Waals surface area (Å²) in [5.74, 6) is 0.140. The van der Waals surface area contributed by atoms with E-state index in [2.05, 4.69) is 6.92 Å². The van der Waals surface area contributed by atoms with Gasteiger partial charge in [-0.25, -0.2) is 0 Å². The molecule has 0 heterocycles. The predicted octanol–water partition coefficient (Wildman–Crippen LogP) is 1.93. The number of fused-ring (bicyclic) bond motifs is 5. The molecule has 4 aliphatic carbocycles. The third kappa shape index (κ3) is 2.52. The van der Waals surface area contributed by atoms with Crippen molar-refractivity contribution in [2.24, 2.45) is 28.6 Å². The molecule has 0 aromatic rings. The molecule has 4 rings (SSSR count). The van der Waals surface area contributed by atoms with Crippen molar-refractivity contribution in [2.45, 2.75) is 70.5 Å². The highest BCUT2D eigenvalue weighted by atomic mass is 19.0. The van der Waals surface area contributed by atoms with E-state index in [-0.39, 0.29) is 33.7 Å². The molecule has 7 atom stereocenters. The third-order valence-corrected chi connectivity index (χ3v) is 8.65. The van der Waals surface area contributed by atoms with Gasteiger partial charge in [0.2, 0.25) is 0 Å². The van der Waals surface area contributed by atoms with Crippen LogP contribution in [-0.4, -0.2) is 45.2 Å². The van der Waals surface area contributed by atoms with Crippen molar-refractivity contribution < 1.29 is 29.6 Å². The fourth-order valence-electron chi connectivity index (χ4n) is 7.28. The van der Waals surface area contributed by atoms with Crippen LogP contribution in [-0.2, 0) is 9.59 Å². The van der Waals surface area contributed by atoms with Crippen molar-refractivity contribution in [1.29, 1.82) is 0 Å². The van der Waals surface area contributed by atoms with Crippen LogP contribution in [0, 0.1) is 28.6 Å². The molecule has 0 aromatic heterocycles. The Morgan fingerprint density at radius 2 is 1.93 bits per heavy atom. The minimum Gasteiger partial charge on any atom is -0.393 e. The fourth-order valence-corrected chi connectivity index (χ4v) is 7.28. The van der Waals surface area contributed by atoms with Crippen LogP contribution in [0.5, 0.6) is 0 Å². The Hall–Kier alpha value is -1.11. The Morgan fingerprint density at radius 1 is 1.22 bits per heavy atom. The first kappa shape index (κ1) is 20.6. The molecule has 0 radical (unpaired) electrons. The highest BCUT2D eigenvalue weighted by Crippen LogP contribution is 2.67. The maximum atomic E-state index is 12.4. The van der Waals surface area contributed by atoms with E-state index in [9.17, 15) is 24.9 Å². The maximum absolute atomic E-state index is 12.4. The minimum atomic E-state index is -1.54. The molecule has 0 spiro atoms. The van der Waals surface area contributed by atoms with E-state index >= 15 is 0 Å². The number of allylic oxidation sites excluding steroid dienone is 1. The molecule has 5 nitrogen and oxygen atoms in total. The van der Waals surface area contributed by atoms with Gasteiger partial charge in [-0.05, 0) is 67.8 Å². The predicted molar refractivity (Wildman–Crippen MR) is 97.6 cm³/mol. The van der Waals surface area contributed by atoms with Crippen molar-refractivity contribution in [3.05, 3.63) is 11.6 Å². The van der Waals surface area contributed by atoms with Crippen LogP contribution in [0.3, 0.4) is 0 Å².